The van der Waals surface area contributed by atoms with Crippen LogP contribution >= 0.6 is 0 Å². The minimum atomic E-state index is 0.419. The van der Waals surface area contributed by atoms with Crippen LogP contribution < -0.4 is 0 Å². The van der Waals surface area contributed by atoms with Gasteiger partial charge in [0.25, 0.3) is 0 Å². The van der Waals surface area contributed by atoms with Crippen LogP contribution in [0.4, 0.5) is 0 Å². The summed E-state index contributed by atoms with van der Waals surface area (Å²) in [5, 5.41) is 9.22. The lowest BCUT2D eigenvalue weighted by Crippen LogP contribution is -1.95. The predicted molar refractivity (Wildman–Crippen MR) is 78.8 cm³/mol. The largest absolute Gasteiger partial charge is 0.318 e. The molecule has 2 aromatic carbocycles. The zero-order valence-electron chi connectivity index (χ0n) is 11.1. The fourth-order valence-corrected chi connectivity index (χ4v) is 2.32. The van der Waals surface area contributed by atoms with Crippen LogP contribution in [0.2, 0.25) is 0 Å². The quantitative estimate of drug-likeness (QED) is 0.705. The topological polar surface area (TPSA) is 41.6 Å². The summed E-state index contributed by atoms with van der Waals surface area (Å²) in [5.74, 6) is 0.419. The Labute approximate surface area is 117 Å². The van der Waals surface area contributed by atoms with Crippen molar-refractivity contribution in [1.29, 1.82) is 5.26 Å². The first kappa shape index (κ1) is 12.2. The smallest absolute Gasteiger partial charge is 0.213 e. The fraction of sp³-hybridized carbons (Fsp3) is 0.0588. The summed E-state index contributed by atoms with van der Waals surface area (Å²) in [4.78, 5) is 4.48. The minimum Gasteiger partial charge on any atom is -0.318 e. The van der Waals surface area contributed by atoms with Crippen LogP contribution in [0.25, 0.3) is 22.5 Å². The van der Waals surface area contributed by atoms with Crippen molar-refractivity contribution in [2.45, 2.75) is 0 Å². The van der Waals surface area contributed by atoms with Crippen molar-refractivity contribution >= 4 is 0 Å². The molecule has 0 atom stereocenters. The highest BCUT2D eigenvalue weighted by Crippen LogP contribution is 2.31. The third-order valence-corrected chi connectivity index (χ3v) is 3.29. The Kier molecular flexibility index (Phi) is 3.06. The second kappa shape index (κ2) is 5.02. The van der Waals surface area contributed by atoms with E-state index in [4.69, 9.17) is 0 Å². The predicted octanol–water partition coefficient (Wildman–Crippen LogP) is 3.63. The molecule has 0 N–H and O–H groups in total. The SMILES string of the molecule is Cn1c(C#N)nc(-c2ccccc2)c1-c1ccccc1. The third-order valence-electron chi connectivity index (χ3n) is 3.29. The van der Waals surface area contributed by atoms with Gasteiger partial charge < -0.3 is 4.57 Å². The van der Waals surface area contributed by atoms with E-state index >= 15 is 0 Å². The monoisotopic (exact) mass is 259 g/mol. The average Bonchev–Trinajstić information content (AvgIpc) is 2.86. The van der Waals surface area contributed by atoms with Crippen LogP contribution in [0, 0.1) is 11.3 Å². The van der Waals surface area contributed by atoms with E-state index in [0.717, 1.165) is 22.5 Å². The molecule has 0 fully saturated rings. The molecular weight excluding hydrogens is 246 g/mol. The molecular formula is C17H13N3. The van der Waals surface area contributed by atoms with Crippen molar-refractivity contribution in [2.75, 3.05) is 0 Å². The maximum absolute atomic E-state index is 9.22. The molecule has 3 nitrogen and oxygen atoms in total. The summed E-state index contributed by atoms with van der Waals surface area (Å²) in [6.45, 7) is 0. The van der Waals surface area contributed by atoms with Crippen LogP contribution in [-0.4, -0.2) is 9.55 Å². The van der Waals surface area contributed by atoms with Crippen LogP contribution in [-0.2, 0) is 7.05 Å². The highest BCUT2D eigenvalue weighted by atomic mass is 15.1. The number of imidazole rings is 1. The normalized spacial score (nSPS) is 10.2. The number of hydrogen-bond donors (Lipinski definition) is 0. The first-order valence-corrected chi connectivity index (χ1v) is 6.39. The second-order valence-corrected chi connectivity index (χ2v) is 4.54. The summed E-state index contributed by atoms with van der Waals surface area (Å²) in [6, 6.07) is 22.1. The molecule has 1 aromatic heterocycles. The van der Waals surface area contributed by atoms with Crippen molar-refractivity contribution in [1.82, 2.24) is 9.55 Å². The van der Waals surface area contributed by atoms with Crippen molar-refractivity contribution in [3.05, 3.63) is 66.5 Å². The van der Waals surface area contributed by atoms with Gasteiger partial charge in [-0.2, -0.15) is 5.26 Å². The van der Waals surface area contributed by atoms with E-state index in [9.17, 15) is 5.26 Å². The van der Waals surface area contributed by atoms with Gasteiger partial charge in [-0.3, -0.25) is 0 Å². The molecule has 20 heavy (non-hydrogen) atoms. The summed E-state index contributed by atoms with van der Waals surface area (Å²) in [7, 11) is 1.88. The molecule has 3 heteroatoms. The van der Waals surface area contributed by atoms with Gasteiger partial charge in [0.1, 0.15) is 6.07 Å². The molecule has 0 unspecified atom stereocenters. The zero-order valence-corrected chi connectivity index (χ0v) is 11.1. The molecule has 1 heterocycles. The van der Waals surface area contributed by atoms with Crippen LogP contribution in [0.1, 0.15) is 5.82 Å². The molecule has 0 bridgehead atoms. The van der Waals surface area contributed by atoms with Gasteiger partial charge in [-0.15, -0.1) is 0 Å². The Hall–Kier alpha value is -2.86. The zero-order chi connectivity index (χ0) is 13.9. The van der Waals surface area contributed by atoms with Crippen molar-refractivity contribution in [3.63, 3.8) is 0 Å². The Morgan fingerprint density at radius 3 is 2.00 bits per heavy atom. The van der Waals surface area contributed by atoms with Gasteiger partial charge in [0.15, 0.2) is 0 Å². The molecule has 0 amide bonds. The molecule has 0 saturated carbocycles. The average molecular weight is 259 g/mol. The lowest BCUT2D eigenvalue weighted by molar-refractivity contribution is 0.897. The first-order valence-electron chi connectivity index (χ1n) is 6.39. The molecule has 0 spiro atoms. The summed E-state index contributed by atoms with van der Waals surface area (Å²) in [6.07, 6.45) is 0. The molecule has 0 saturated heterocycles. The molecule has 3 aromatic rings. The lowest BCUT2D eigenvalue weighted by atomic mass is 10.1. The summed E-state index contributed by atoms with van der Waals surface area (Å²) in [5.41, 5.74) is 3.88. The van der Waals surface area contributed by atoms with Crippen LogP contribution in [0.15, 0.2) is 60.7 Å². The van der Waals surface area contributed by atoms with Crippen LogP contribution in [0.3, 0.4) is 0 Å². The van der Waals surface area contributed by atoms with E-state index in [1.165, 1.54) is 0 Å². The van der Waals surface area contributed by atoms with Crippen molar-refractivity contribution < 1.29 is 0 Å². The number of nitrogens with zero attached hydrogens (tertiary/aromatic N) is 3. The van der Waals surface area contributed by atoms with Gasteiger partial charge in [-0.05, 0) is 0 Å². The van der Waals surface area contributed by atoms with Crippen molar-refractivity contribution in [3.8, 4) is 28.6 Å². The van der Waals surface area contributed by atoms with Crippen LogP contribution in [0.5, 0.6) is 0 Å². The van der Waals surface area contributed by atoms with Gasteiger partial charge in [0.2, 0.25) is 5.82 Å². The van der Waals surface area contributed by atoms with E-state index in [0.29, 0.717) is 5.82 Å². The second-order valence-electron chi connectivity index (χ2n) is 4.54. The van der Waals surface area contributed by atoms with Gasteiger partial charge >= 0.3 is 0 Å². The number of benzene rings is 2. The van der Waals surface area contributed by atoms with E-state index in [1.807, 2.05) is 72.3 Å². The van der Waals surface area contributed by atoms with Gasteiger partial charge in [0.05, 0.1) is 11.4 Å². The lowest BCUT2D eigenvalue weighted by Gasteiger charge is -2.06. The molecule has 0 aliphatic heterocycles. The highest BCUT2D eigenvalue weighted by molar-refractivity contribution is 5.79. The maximum Gasteiger partial charge on any atom is 0.213 e. The summed E-state index contributed by atoms with van der Waals surface area (Å²) >= 11 is 0. The Balaban J connectivity index is 2.28. The highest BCUT2D eigenvalue weighted by Gasteiger charge is 2.17. The van der Waals surface area contributed by atoms with E-state index < -0.39 is 0 Å². The number of aromatic nitrogens is 2. The molecule has 96 valence electrons. The summed E-state index contributed by atoms with van der Waals surface area (Å²) < 4.78 is 1.84. The molecule has 0 aliphatic rings. The van der Waals surface area contributed by atoms with E-state index in [1.54, 1.807) is 0 Å². The standard InChI is InChI=1S/C17H13N3/c1-20-15(12-18)19-16(13-8-4-2-5-9-13)17(20)14-10-6-3-7-11-14/h2-11H,1H3. The minimum absolute atomic E-state index is 0.419. The van der Waals surface area contributed by atoms with E-state index in [-0.39, 0.29) is 0 Å². The molecule has 0 aliphatic carbocycles. The third kappa shape index (κ3) is 1.98. The van der Waals surface area contributed by atoms with Crippen molar-refractivity contribution in [2.24, 2.45) is 7.05 Å². The number of rotatable bonds is 2. The number of hydrogen-bond acceptors (Lipinski definition) is 2. The Morgan fingerprint density at radius 1 is 0.900 bits per heavy atom. The van der Waals surface area contributed by atoms with Gasteiger partial charge in [0, 0.05) is 18.2 Å². The molecule has 3 rings (SSSR count). The van der Waals surface area contributed by atoms with Gasteiger partial charge in [-0.1, -0.05) is 60.7 Å². The van der Waals surface area contributed by atoms with Gasteiger partial charge in [-0.25, -0.2) is 4.98 Å². The molecule has 0 radical (unpaired) electrons. The number of nitriles is 1. The van der Waals surface area contributed by atoms with E-state index in [2.05, 4.69) is 11.1 Å². The maximum atomic E-state index is 9.22. The Morgan fingerprint density at radius 2 is 1.45 bits per heavy atom. The Bertz CT molecular complexity index is 765. The fourth-order valence-electron chi connectivity index (χ4n) is 2.32. The first-order chi connectivity index (χ1) is 9.81.